The average molecular weight is 338 g/mol. The third-order valence-corrected chi connectivity index (χ3v) is 4.22. The Kier molecular flexibility index (Phi) is 5.61. The molecule has 0 saturated carbocycles. The number of thiophene rings is 1. The number of halogens is 1. The van der Waals surface area contributed by atoms with Gasteiger partial charge in [0, 0.05) is 22.3 Å². The summed E-state index contributed by atoms with van der Waals surface area (Å²) in [6.07, 6.45) is 2.48. The molecule has 2 aromatic rings. The molecule has 0 radical (unpaired) electrons. The largest absolute Gasteiger partial charge is 0.352 e. The molecule has 0 atom stereocenters. The molecule has 19 heavy (non-hydrogen) atoms. The van der Waals surface area contributed by atoms with E-state index in [4.69, 9.17) is 0 Å². The molecule has 1 N–H and O–H groups in total. The highest BCUT2D eigenvalue weighted by Crippen LogP contribution is 2.13. The van der Waals surface area contributed by atoms with E-state index in [1.807, 2.05) is 30.3 Å². The fourth-order valence-electron chi connectivity index (χ4n) is 1.81. The lowest BCUT2D eigenvalue weighted by molar-refractivity contribution is -0.121. The molecular formula is C15H16BrNOS. The third kappa shape index (κ3) is 5.17. The molecule has 0 aliphatic carbocycles. The first-order valence-electron chi connectivity index (χ1n) is 6.27. The van der Waals surface area contributed by atoms with Crippen LogP contribution in [0.2, 0.25) is 0 Å². The Hall–Kier alpha value is -1.13. The lowest BCUT2D eigenvalue weighted by Gasteiger charge is -2.05. The van der Waals surface area contributed by atoms with Crippen molar-refractivity contribution < 1.29 is 4.79 Å². The maximum Gasteiger partial charge on any atom is 0.220 e. The molecule has 0 saturated heterocycles. The summed E-state index contributed by atoms with van der Waals surface area (Å²) in [5.41, 5.74) is 1.11. The zero-order chi connectivity index (χ0) is 13.5. The predicted molar refractivity (Wildman–Crippen MR) is 83.2 cm³/mol. The van der Waals surface area contributed by atoms with Crippen LogP contribution in [-0.2, 0) is 17.8 Å². The molecular weight excluding hydrogens is 322 g/mol. The van der Waals surface area contributed by atoms with Gasteiger partial charge in [0.25, 0.3) is 0 Å². The number of benzene rings is 1. The van der Waals surface area contributed by atoms with Crippen LogP contribution in [0.5, 0.6) is 0 Å². The second kappa shape index (κ2) is 7.46. The van der Waals surface area contributed by atoms with E-state index in [1.54, 1.807) is 11.3 Å². The van der Waals surface area contributed by atoms with Gasteiger partial charge in [0.2, 0.25) is 5.91 Å². The molecule has 2 rings (SSSR count). The summed E-state index contributed by atoms with van der Waals surface area (Å²) >= 11 is 5.17. The fourth-order valence-corrected chi connectivity index (χ4v) is 3.01. The van der Waals surface area contributed by atoms with Gasteiger partial charge in [-0.05, 0) is 42.0 Å². The maximum absolute atomic E-state index is 11.7. The highest BCUT2D eigenvalue weighted by molar-refractivity contribution is 9.10. The molecule has 1 aromatic carbocycles. The van der Waals surface area contributed by atoms with Crippen molar-refractivity contribution in [1.82, 2.24) is 5.32 Å². The van der Waals surface area contributed by atoms with Crippen molar-refractivity contribution >= 4 is 33.2 Å². The number of carbonyl (C=O) groups excluding carboxylic acids is 1. The van der Waals surface area contributed by atoms with Gasteiger partial charge in [0.05, 0.1) is 0 Å². The molecule has 0 aliphatic heterocycles. The summed E-state index contributed by atoms with van der Waals surface area (Å²) in [5, 5.41) is 5.02. The number of aryl methyl sites for hydroxylation is 1. The van der Waals surface area contributed by atoms with Crippen LogP contribution in [0.1, 0.15) is 23.3 Å². The van der Waals surface area contributed by atoms with Crippen LogP contribution in [0.15, 0.2) is 46.3 Å². The van der Waals surface area contributed by atoms with Crippen LogP contribution in [-0.4, -0.2) is 5.91 Å². The van der Waals surface area contributed by atoms with Crippen LogP contribution in [0, 0.1) is 0 Å². The highest BCUT2D eigenvalue weighted by Gasteiger charge is 2.02. The zero-order valence-electron chi connectivity index (χ0n) is 10.6. The Morgan fingerprint density at radius 1 is 1.26 bits per heavy atom. The van der Waals surface area contributed by atoms with Crippen LogP contribution < -0.4 is 5.32 Å². The van der Waals surface area contributed by atoms with Gasteiger partial charge in [-0.1, -0.05) is 34.1 Å². The number of rotatable bonds is 6. The zero-order valence-corrected chi connectivity index (χ0v) is 13.0. The first-order chi connectivity index (χ1) is 9.24. The lowest BCUT2D eigenvalue weighted by Crippen LogP contribution is -2.22. The van der Waals surface area contributed by atoms with E-state index in [-0.39, 0.29) is 5.91 Å². The second-order valence-electron chi connectivity index (χ2n) is 4.34. The summed E-state index contributed by atoms with van der Waals surface area (Å²) in [7, 11) is 0. The molecule has 100 valence electrons. The third-order valence-electron chi connectivity index (χ3n) is 2.79. The number of carbonyl (C=O) groups is 1. The first-order valence-corrected chi connectivity index (χ1v) is 7.95. The van der Waals surface area contributed by atoms with Crippen LogP contribution >= 0.6 is 27.3 Å². The molecule has 1 aromatic heterocycles. The topological polar surface area (TPSA) is 29.1 Å². The number of hydrogen-bond acceptors (Lipinski definition) is 2. The summed E-state index contributed by atoms with van der Waals surface area (Å²) in [6.45, 7) is 0.595. The average Bonchev–Trinajstić information content (AvgIpc) is 2.90. The molecule has 2 nitrogen and oxygen atoms in total. The van der Waals surface area contributed by atoms with Crippen LogP contribution in [0.4, 0.5) is 0 Å². The van der Waals surface area contributed by atoms with Gasteiger partial charge in [-0.25, -0.2) is 0 Å². The molecule has 4 heteroatoms. The molecule has 0 fully saturated rings. The van der Waals surface area contributed by atoms with Crippen LogP contribution in [0.3, 0.4) is 0 Å². The second-order valence-corrected chi connectivity index (χ2v) is 6.29. The smallest absolute Gasteiger partial charge is 0.220 e. The Morgan fingerprint density at radius 3 is 2.89 bits per heavy atom. The number of amides is 1. The first kappa shape index (κ1) is 14.3. The normalized spacial score (nSPS) is 10.4. The lowest BCUT2D eigenvalue weighted by atomic mass is 10.2. The molecule has 0 spiro atoms. The van der Waals surface area contributed by atoms with Crippen molar-refractivity contribution in [2.75, 3.05) is 0 Å². The monoisotopic (exact) mass is 337 g/mol. The van der Waals surface area contributed by atoms with E-state index in [2.05, 4.69) is 32.7 Å². The van der Waals surface area contributed by atoms with E-state index in [9.17, 15) is 4.79 Å². The molecule has 1 amide bonds. The standard InChI is InChI=1S/C15H16BrNOS/c16-13-5-1-4-12(10-13)11-17-15(18)8-2-6-14-7-3-9-19-14/h1,3-5,7,9-10H,2,6,8,11H2,(H,17,18). The Bertz CT molecular complexity index is 525. The SMILES string of the molecule is O=C(CCCc1cccs1)NCc1cccc(Br)c1. The number of nitrogens with one attached hydrogen (secondary N) is 1. The van der Waals surface area contributed by atoms with Crippen molar-refractivity contribution in [2.24, 2.45) is 0 Å². The molecule has 1 heterocycles. The van der Waals surface area contributed by atoms with E-state index in [0.717, 1.165) is 22.9 Å². The molecule has 0 aliphatic rings. The predicted octanol–water partition coefficient (Wildman–Crippen LogP) is 4.15. The van der Waals surface area contributed by atoms with Crippen molar-refractivity contribution in [3.63, 3.8) is 0 Å². The Morgan fingerprint density at radius 2 is 2.16 bits per heavy atom. The minimum atomic E-state index is 0.122. The van der Waals surface area contributed by atoms with Gasteiger partial charge in [-0.15, -0.1) is 11.3 Å². The fraction of sp³-hybridized carbons (Fsp3) is 0.267. The van der Waals surface area contributed by atoms with Gasteiger partial charge in [-0.2, -0.15) is 0 Å². The summed E-state index contributed by atoms with van der Waals surface area (Å²) in [5.74, 6) is 0.122. The summed E-state index contributed by atoms with van der Waals surface area (Å²) < 4.78 is 1.04. The highest BCUT2D eigenvalue weighted by atomic mass is 79.9. The van der Waals surface area contributed by atoms with Gasteiger partial charge in [0.1, 0.15) is 0 Å². The van der Waals surface area contributed by atoms with Crippen molar-refractivity contribution in [3.8, 4) is 0 Å². The minimum absolute atomic E-state index is 0.122. The van der Waals surface area contributed by atoms with Crippen molar-refractivity contribution in [2.45, 2.75) is 25.8 Å². The maximum atomic E-state index is 11.7. The van der Waals surface area contributed by atoms with Crippen LogP contribution in [0.25, 0.3) is 0 Å². The molecule has 0 bridgehead atoms. The van der Waals surface area contributed by atoms with Gasteiger partial charge in [0.15, 0.2) is 0 Å². The molecule has 0 unspecified atom stereocenters. The quantitative estimate of drug-likeness (QED) is 0.842. The van der Waals surface area contributed by atoms with Gasteiger partial charge < -0.3 is 5.32 Å². The summed E-state index contributed by atoms with van der Waals surface area (Å²) in [6, 6.07) is 12.1. The van der Waals surface area contributed by atoms with E-state index in [1.165, 1.54) is 4.88 Å². The summed E-state index contributed by atoms with van der Waals surface area (Å²) in [4.78, 5) is 13.1. The van der Waals surface area contributed by atoms with Gasteiger partial charge in [-0.3, -0.25) is 4.79 Å². The van der Waals surface area contributed by atoms with E-state index < -0.39 is 0 Å². The van der Waals surface area contributed by atoms with Gasteiger partial charge >= 0.3 is 0 Å². The minimum Gasteiger partial charge on any atom is -0.352 e. The van der Waals surface area contributed by atoms with Crippen molar-refractivity contribution in [1.29, 1.82) is 0 Å². The Labute approximate surface area is 126 Å². The van der Waals surface area contributed by atoms with Crippen molar-refractivity contribution in [3.05, 3.63) is 56.7 Å². The number of hydrogen-bond donors (Lipinski definition) is 1. The van der Waals surface area contributed by atoms with E-state index >= 15 is 0 Å². The van der Waals surface area contributed by atoms with E-state index in [0.29, 0.717) is 13.0 Å². The Balaban J connectivity index is 1.67.